The second-order valence-corrected chi connectivity index (χ2v) is 4.07. The molecule has 0 aliphatic rings. The molecule has 1 aromatic rings. The van der Waals surface area contributed by atoms with Crippen LogP contribution in [0.5, 0.6) is 0 Å². The van der Waals surface area contributed by atoms with Gasteiger partial charge in [-0.15, -0.1) is 12.4 Å². The van der Waals surface area contributed by atoms with Gasteiger partial charge in [0, 0.05) is 24.5 Å². The third-order valence-electron chi connectivity index (χ3n) is 2.17. The third kappa shape index (κ3) is 6.24. The van der Waals surface area contributed by atoms with Crippen molar-refractivity contribution in [2.45, 2.75) is 33.4 Å². The van der Waals surface area contributed by atoms with E-state index in [0.717, 1.165) is 11.3 Å². The van der Waals surface area contributed by atoms with Gasteiger partial charge in [-0.1, -0.05) is 6.07 Å². The summed E-state index contributed by atoms with van der Waals surface area (Å²) in [7, 11) is 0. The summed E-state index contributed by atoms with van der Waals surface area (Å²) in [5, 5.41) is 5.92. The van der Waals surface area contributed by atoms with Crippen molar-refractivity contribution in [1.82, 2.24) is 15.6 Å². The lowest BCUT2D eigenvalue weighted by atomic mass is 10.2. The molecule has 1 amide bonds. The fourth-order valence-electron chi connectivity index (χ4n) is 1.39. The molecular formula is C12H20ClN3O. The fourth-order valence-corrected chi connectivity index (χ4v) is 1.39. The number of amides is 1. The van der Waals surface area contributed by atoms with E-state index in [9.17, 15) is 4.79 Å². The normalized spacial score (nSPS) is 9.88. The van der Waals surface area contributed by atoms with E-state index in [1.54, 1.807) is 6.20 Å². The lowest BCUT2D eigenvalue weighted by Gasteiger charge is -2.09. The van der Waals surface area contributed by atoms with Crippen LogP contribution in [0.4, 0.5) is 0 Å². The molecule has 0 aliphatic carbocycles. The molecule has 96 valence electrons. The SMILES string of the molecule is Cc1ncccc1CNCC(=O)NC(C)C.Cl. The highest BCUT2D eigenvalue weighted by atomic mass is 35.5. The highest BCUT2D eigenvalue weighted by Crippen LogP contribution is 2.01. The van der Waals surface area contributed by atoms with Gasteiger partial charge in [0.2, 0.25) is 5.91 Å². The van der Waals surface area contributed by atoms with Crippen molar-refractivity contribution in [1.29, 1.82) is 0 Å². The number of aromatic nitrogens is 1. The minimum atomic E-state index is 0. The van der Waals surface area contributed by atoms with E-state index in [0.29, 0.717) is 13.1 Å². The lowest BCUT2D eigenvalue weighted by Crippen LogP contribution is -2.37. The predicted octanol–water partition coefficient (Wildman–Crippen LogP) is 1.43. The molecule has 0 radical (unpaired) electrons. The molecule has 0 unspecified atom stereocenters. The van der Waals surface area contributed by atoms with E-state index < -0.39 is 0 Å². The Balaban J connectivity index is 0.00000256. The van der Waals surface area contributed by atoms with E-state index in [-0.39, 0.29) is 24.4 Å². The van der Waals surface area contributed by atoms with Crippen molar-refractivity contribution in [3.8, 4) is 0 Å². The van der Waals surface area contributed by atoms with Crippen LogP contribution in [0.1, 0.15) is 25.1 Å². The number of pyridine rings is 1. The van der Waals surface area contributed by atoms with Crippen molar-refractivity contribution >= 4 is 18.3 Å². The Hall–Kier alpha value is -1.13. The highest BCUT2D eigenvalue weighted by Gasteiger charge is 2.03. The number of halogens is 1. The van der Waals surface area contributed by atoms with Crippen LogP contribution in [-0.2, 0) is 11.3 Å². The van der Waals surface area contributed by atoms with Crippen LogP contribution in [0.15, 0.2) is 18.3 Å². The smallest absolute Gasteiger partial charge is 0.234 e. The van der Waals surface area contributed by atoms with E-state index in [4.69, 9.17) is 0 Å². The fraction of sp³-hybridized carbons (Fsp3) is 0.500. The quantitative estimate of drug-likeness (QED) is 0.839. The summed E-state index contributed by atoms with van der Waals surface area (Å²) >= 11 is 0. The molecule has 0 saturated heterocycles. The Labute approximate surface area is 109 Å². The molecule has 1 rings (SSSR count). The van der Waals surface area contributed by atoms with Gasteiger partial charge in [-0.3, -0.25) is 9.78 Å². The number of aryl methyl sites for hydroxylation is 1. The number of carbonyl (C=O) groups is 1. The molecule has 0 aromatic carbocycles. The van der Waals surface area contributed by atoms with E-state index >= 15 is 0 Å². The number of nitrogens with zero attached hydrogens (tertiary/aromatic N) is 1. The number of carbonyl (C=O) groups excluding carboxylic acids is 1. The first-order chi connectivity index (χ1) is 7.59. The van der Waals surface area contributed by atoms with E-state index in [1.165, 1.54) is 0 Å². The van der Waals surface area contributed by atoms with Crippen LogP contribution in [0.25, 0.3) is 0 Å². The second kappa shape index (κ2) is 8.03. The zero-order valence-corrected chi connectivity index (χ0v) is 11.3. The first kappa shape index (κ1) is 15.9. The molecule has 0 aliphatic heterocycles. The zero-order chi connectivity index (χ0) is 12.0. The molecule has 2 N–H and O–H groups in total. The van der Waals surface area contributed by atoms with Crippen LogP contribution in [0, 0.1) is 6.92 Å². The molecule has 0 bridgehead atoms. The van der Waals surface area contributed by atoms with Gasteiger partial charge >= 0.3 is 0 Å². The van der Waals surface area contributed by atoms with Gasteiger partial charge in [-0.05, 0) is 32.4 Å². The number of hydrogen-bond donors (Lipinski definition) is 2. The Morgan fingerprint density at radius 1 is 1.47 bits per heavy atom. The zero-order valence-electron chi connectivity index (χ0n) is 10.5. The van der Waals surface area contributed by atoms with Gasteiger partial charge in [0.1, 0.15) is 0 Å². The van der Waals surface area contributed by atoms with Crippen molar-refractivity contribution in [2.75, 3.05) is 6.54 Å². The predicted molar refractivity (Wildman–Crippen MR) is 71.2 cm³/mol. The molecular weight excluding hydrogens is 238 g/mol. The molecule has 1 aromatic heterocycles. The van der Waals surface area contributed by atoms with Crippen LogP contribution in [0.2, 0.25) is 0 Å². The summed E-state index contributed by atoms with van der Waals surface area (Å²) in [6.45, 7) is 6.87. The van der Waals surface area contributed by atoms with Crippen LogP contribution in [-0.4, -0.2) is 23.5 Å². The topological polar surface area (TPSA) is 54.0 Å². The maximum atomic E-state index is 11.3. The lowest BCUT2D eigenvalue weighted by molar-refractivity contribution is -0.120. The van der Waals surface area contributed by atoms with Gasteiger partial charge in [0.25, 0.3) is 0 Å². The standard InChI is InChI=1S/C12H19N3O.ClH/c1-9(2)15-12(16)8-13-7-11-5-4-6-14-10(11)3;/h4-6,9,13H,7-8H2,1-3H3,(H,15,16);1H. The second-order valence-electron chi connectivity index (χ2n) is 4.07. The monoisotopic (exact) mass is 257 g/mol. The minimum Gasteiger partial charge on any atom is -0.353 e. The maximum Gasteiger partial charge on any atom is 0.234 e. The maximum absolute atomic E-state index is 11.3. The average Bonchev–Trinajstić information content (AvgIpc) is 2.19. The van der Waals surface area contributed by atoms with Crippen molar-refractivity contribution in [2.24, 2.45) is 0 Å². The van der Waals surface area contributed by atoms with Crippen LogP contribution >= 0.6 is 12.4 Å². The van der Waals surface area contributed by atoms with Gasteiger partial charge < -0.3 is 10.6 Å². The molecule has 17 heavy (non-hydrogen) atoms. The van der Waals surface area contributed by atoms with E-state index in [2.05, 4.69) is 15.6 Å². The van der Waals surface area contributed by atoms with Gasteiger partial charge in [-0.2, -0.15) is 0 Å². The van der Waals surface area contributed by atoms with Gasteiger partial charge in [0.05, 0.1) is 6.54 Å². The number of rotatable bonds is 5. The Morgan fingerprint density at radius 3 is 2.76 bits per heavy atom. The highest BCUT2D eigenvalue weighted by molar-refractivity contribution is 5.85. The Bertz CT molecular complexity index is 355. The number of hydrogen-bond acceptors (Lipinski definition) is 3. The summed E-state index contributed by atoms with van der Waals surface area (Å²) in [6.07, 6.45) is 1.77. The Kier molecular flexibility index (Phi) is 7.50. The van der Waals surface area contributed by atoms with Crippen LogP contribution < -0.4 is 10.6 Å². The number of nitrogens with one attached hydrogen (secondary N) is 2. The molecule has 0 saturated carbocycles. The summed E-state index contributed by atoms with van der Waals surface area (Å²) in [6, 6.07) is 4.10. The summed E-state index contributed by atoms with van der Waals surface area (Å²) in [4.78, 5) is 15.5. The van der Waals surface area contributed by atoms with E-state index in [1.807, 2.05) is 32.9 Å². The first-order valence-electron chi connectivity index (χ1n) is 5.50. The van der Waals surface area contributed by atoms with Gasteiger partial charge in [0.15, 0.2) is 0 Å². The minimum absolute atomic E-state index is 0. The molecule has 0 atom stereocenters. The molecule has 0 spiro atoms. The summed E-state index contributed by atoms with van der Waals surface area (Å²) < 4.78 is 0. The van der Waals surface area contributed by atoms with Crippen LogP contribution in [0.3, 0.4) is 0 Å². The molecule has 4 nitrogen and oxygen atoms in total. The Morgan fingerprint density at radius 2 is 2.18 bits per heavy atom. The molecule has 5 heteroatoms. The third-order valence-corrected chi connectivity index (χ3v) is 2.17. The summed E-state index contributed by atoms with van der Waals surface area (Å²) in [5.41, 5.74) is 2.12. The van der Waals surface area contributed by atoms with Crippen molar-refractivity contribution < 1.29 is 4.79 Å². The first-order valence-corrected chi connectivity index (χ1v) is 5.50. The molecule has 1 heterocycles. The molecule has 0 fully saturated rings. The average molecular weight is 258 g/mol. The van der Waals surface area contributed by atoms with Crippen molar-refractivity contribution in [3.05, 3.63) is 29.6 Å². The van der Waals surface area contributed by atoms with Gasteiger partial charge in [-0.25, -0.2) is 0 Å². The summed E-state index contributed by atoms with van der Waals surface area (Å²) in [5.74, 6) is 0.0246. The largest absolute Gasteiger partial charge is 0.353 e. The van der Waals surface area contributed by atoms with Crippen molar-refractivity contribution in [3.63, 3.8) is 0 Å².